The summed E-state index contributed by atoms with van der Waals surface area (Å²) in [6.45, 7) is 2.99. The Morgan fingerprint density at radius 2 is 1.78 bits per heavy atom. The van der Waals surface area contributed by atoms with E-state index >= 15 is 0 Å². The largest absolute Gasteiger partial charge is 0.497 e. The lowest BCUT2D eigenvalue weighted by Crippen LogP contribution is -2.37. The van der Waals surface area contributed by atoms with Crippen LogP contribution >= 0.6 is 0 Å². The number of benzene rings is 2. The molecule has 1 saturated heterocycles. The van der Waals surface area contributed by atoms with Gasteiger partial charge in [-0.2, -0.15) is 0 Å². The molecule has 0 saturated carbocycles. The van der Waals surface area contributed by atoms with Gasteiger partial charge in [0, 0.05) is 51.0 Å². The molecule has 2 aromatic heterocycles. The normalized spacial score (nSPS) is 16.8. The molecule has 1 atom stereocenters. The zero-order chi connectivity index (χ0) is 24.7. The molecule has 36 heavy (non-hydrogen) atoms. The van der Waals surface area contributed by atoms with E-state index in [0.29, 0.717) is 39.3 Å². The van der Waals surface area contributed by atoms with Gasteiger partial charge < -0.3 is 14.4 Å². The zero-order valence-electron chi connectivity index (χ0n) is 20.3. The van der Waals surface area contributed by atoms with Crippen LogP contribution in [0, 0.1) is 0 Å². The number of aromatic nitrogens is 3. The first kappa shape index (κ1) is 23.8. The highest BCUT2D eigenvalue weighted by molar-refractivity contribution is 5.79. The van der Waals surface area contributed by atoms with Crippen LogP contribution in [0.2, 0.25) is 0 Å². The third kappa shape index (κ3) is 5.84. The lowest BCUT2D eigenvalue weighted by Gasteiger charge is -2.25. The van der Waals surface area contributed by atoms with Crippen molar-refractivity contribution in [1.82, 2.24) is 24.8 Å². The van der Waals surface area contributed by atoms with E-state index in [-0.39, 0.29) is 12.0 Å². The van der Waals surface area contributed by atoms with Crippen molar-refractivity contribution in [2.45, 2.75) is 25.8 Å². The Kier molecular flexibility index (Phi) is 7.44. The van der Waals surface area contributed by atoms with Gasteiger partial charge in [-0.15, -0.1) is 0 Å². The summed E-state index contributed by atoms with van der Waals surface area (Å²) in [6, 6.07) is 17.7. The van der Waals surface area contributed by atoms with Crippen molar-refractivity contribution in [1.29, 1.82) is 0 Å². The lowest BCUT2D eigenvalue weighted by molar-refractivity contribution is -0.132. The highest BCUT2D eigenvalue weighted by Crippen LogP contribution is 2.20. The highest BCUT2D eigenvalue weighted by atomic mass is 16.5. The van der Waals surface area contributed by atoms with Crippen molar-refractivity contribution >= 4 is 16.9 Å². The first-order valence-electron chi connectivity index (χ1n) is 12.0. The number of hydrogen-bond donors (Lipinski definition) is 0. The second-order valence-corrected chi connectivity index (χ2v) is 8.93. The Morgan fingerprint density at radius 1 is 0.917 bits per heavy atom. The van der Waals surface area contributed by atoms with Gasteiger partial charge in [0.2, 0.25) is 5.91 Å². The number of fused-ring (bicyclic) bond motifs is 1. The zero-order valence-corrected chi connectivity index (χ0v) is 20.3. The maximum absolute atomic E-state index is 13.4. The molecule has 1 unspecified atom stereocenters. The third-order valence-corrected chi connectivity index (χ3v) is 6.31. The minimum atomic E-state index is -0.157. The number of pyridine rings is 1. The van der Waals surface area contributed by atoms with E-state index in [1.165, 1.54) is 0 Å². The fourth-order valence-corrected chi connectivity index (χ4v) is 4.50. The molecular weight excluding hydrogens is 454 g/mol. The quantitative estimate of drug-likeness (QED) is 0.380. The number of hydrogen-bond acceptors (Lipinski definition) is 7. The second kappa shape index (κ2) is 11.2. The summed E-state index contributed by atoms with van der Waals surface area (Å²) in [5.74, 6) is 0.868. The van der Waals surface area contributed by atoms with Crippen LogP contribution in [0.1, 0.15) is 16.7 Å². The Hall–Kier alpha value is -3.88. The number of para-hydroxylation sites is 1. The van der Waals surface area contributed by atoms with Crippen LogP contribution in [0.5, 0.6) is 5.75 Å². The number of nitrogens with zero attached hydrogens (tertiary/aromatic N) is 5. The molecule has 2 aromatic carbocycles. The average Bonchev–Trinajstić information content (AvgIpc) is 3.06. The summed E-state index contributed by atoms with van der Waals surface area (Å²) in [4.78, 5) is 30.6. The Morgan fingerprint density at radius 3 is 2.58 bits per heavy atom. The molecule has 1 aliphatic heterocycles. The van der Waals surface area contributed by atoms with Crippen LogP contribution in [0.25, 0.3) is 11.0 Å². The summed E-state index contributed by atoms with van der Waals surface area (Å²) < 4.78 is 11.6. The number of carbonyl (C=O) groups is 1. The second-order valence-electron chi connectivity index (χ2n) is 8.93. The van der Waals surface area contributed by atoms with Gasteiger partial charge in [-0.1, -0.05) is 30.3 Å². The van der Waals surface area contributed by atoms with Gasteiger partial charge in [0.1, 0.15) is 5.75 Å². The molecule has 0 bridgehead atoms. The van der Waals surface area contributed by atoms with Crippen LogP contribution < -0.4 is 4.74 Å². The minimum absolute atomic E-state index is 0.0737. The van der Waals surface area contributed by atoms with Crippen LogP contribution in [0.3, 0.4) is 0 Å². The third-order valence-electron chi connectivity index (χ3n) is 6.31. The van der Waals surface area contributed by atoms with E-state index in [9.17, 15) is 4.79 Å². The van der Waals surface area contributed by atoms with Gasteiger partial charge in [0.25, 0.3) is 0 Å². The molecule has 4 aromatic rings. The number of carbonyl (C=O) groups excluding carboxylic acids is 1. The Bertz CT molecular complexity index is 1290. The van der Waals surface area contributed by atoms with E-state index in [1.54, 1.807) is 25.7 Å². The predicted molar refractivity (Wildman–Crippen MR) is 136 cm³/mol. The lowest BCUT2D eigenvalue weighted by atomic mass is 10.1. The van der Waals surface area contributed by atoms with Crippen molar-refractivity contribution < 1.29 is 14.3 Å². The standard InChI is InChI=1S/C28H29N5O3/c1-35-24-9-7-21(8-10-24)15-33-18-25(36-20-22-4-3-11-29-14-22)17-32(19-27(33)34)16-23-5-2-6-26-28(23)31-13-12-30-26/h2-14,25H,15-20H2,1H3. The molecule has 1 aliphatic rings. The van der Waals surface area contributed by atoms with E-state index < -0.39 is 0 Å². The van der Waals surface area contributed by atoms with Gasteiger partial charge in [-0.05, 0) is 41.0 Å². The van der Waals surface area contributed by atoms with E-state index in [1.807, 2.05) is 65.7 Å². The summed E-state index contributed by atoms with van der Waals surface area (Å²) in [7, 11) is 1.65. The number of ether oxygens (including phenoxy) is 2. The summed E-state index contributed by atoms with van der Waals surface area (Å²) in [5, 5.41) is 0. The highest BCUT2D eigenvalue weighted by Gasteiger charge is 2.29. The van der Waals surface area contributed by atoms with Gasteiger partial charge in [-0.3, -0.25) is 24.6 Å². The van der Waals surface area contributed by atoms with Crippen molar-refractivity contribution in [3.8, 4) is 5.75 Å². The van der Waals surface area contributed by atoms with Gasteiger partial charge in [0.05, 0.1) is 37.4 Å². The fraction of sp³-hybridized carbons (Fsp3) is 0.286. The van der Waals surface area contributed by atoms with E-state index in [0.717, 1.165) is 33.5 Å². The first-order chi connectivity index (χ1) is 17.7. The molecule has 0 spiro atoms. The van der Waals surface area contributed by atoms with Gasteiger partial charge in [0.15, 0.2) is 0 Å². The molecule has 5 rings (SSSR count). The first-order valence-corrected chi connectivity index (χ1v) is 12.0. The van der Waals surface area contributed by atoms with E-state index in [4.69, 9.17) is 9.47 Å². The molecule has 1 fully saturated rings. The van der Waals surface area contributed by atoms with Crippen molar-refractivity contribution in [3.63, 3.8) is 0 Å². The monoisotopic (exact) mass is 483 g/mol. The van der Waals surface area contributed by atoms with Crippen LogP contribution in [-0.4, -0.2) is 63.5 Å². The minimum Gasteiger partial charge on any atom is -0.497 e. The molecule has 8 nitrogen and oxygen atoms in total. The average molecular weight is 484 g/mol. The summed E-state index contributed by atoms with van der Waals surface area (Å²) >= 11 is 0. The molecule has 1 amide bonds. The smallest absolute Gasteiger partial charge is 0.237 e. The molecule has 0 radical (unpaired) electrons. The van der Waals surface area contributed by atoms with Crippen LogP contribution in [0.4, 0.5) is 0 Å². The number of rotatable bonds is 8. The van der Waals surface area contributed by atoms with Crippen molar-refractivity contribution in [2.24, 2.45) is 0 Å². The number of amides is 1. The maximum atomic E-state index is 13.4. The van der Waals surface area contributed by atoms with Crippen LogP contribution in [-0.2, 0) is 29.2 Å². The summed E-state index contributed by atoms with van der Waals surface area (Å²) in [6.07, 6.45) is 6.80. The van der Waals surface area contributed by atoms with Gasteiger partial charge >= 0.3 is 0 Å². The summed E-state index contributed by atoms with van der Waals surface area (Å²) in [5.41, 5.74) is 4.81. The van der Waals surface area contributed by atoms with Crippen LogP contribution in [0.15, 0.2) is 79.4 Å². The number of methoxy groups -OCH3 is 1. The molecular formula is C28H29N5O3. The molecule has 8 heteroatoms. The topological polar surface area (TPSA) is 80.7 Å². The fourth-order valence-electron chi connectivity index (χ4n) is 4.50. The van der Waals surface area contributed by atoms with E-state index in [2.05, 4.69) is 19.9 Å². The molecule has 0 aliphatic carbocycles. The predicted octanol–water partition coefficient (Wildman–Crippen LogP) is 3.46. The molecule has 184 valence electrons. The van der Waals surface area contributed by atoms with Crippen molar-refractivity contribution in [2.75, 3.05) is 26.7 Å². The van der Waals surface area contributed by atoms with Crippen molar-refractivity contribution in [3.05, 3.63) is 96.1 Å². The maximum Gasteiger partial charge on any atom is 0.237 e. The Labute approximate surface area is 210 Å². The Balaban J connectivity index is 1.36. The molecule has 3 heterocycles. The SMILES string of the molecule is COc1ccc(CN2CC(OCc3cccnc3)CN(Cc3cccc4nccnc34)CC2=O)cc1. The van der Waals surface area contributed by atoms with Gasteiger partial charge in [-0.25, -0.2) is 0 Å². The molecule has 0 N–H and O–H groups in total.